The molecule has 1 N–H and O–H groups in total. The molecule has 0 bridgehead atoms. The molecule has 0 aliphatic rings. The van der Waals surface area contributed by atoms with Crippen molar-refractivity contribution < 1.29 is 23.9 Å². The summed E-state index contributed by atoms with van der Waals surface area (Å²) in [6, 6.07) is 7.34. The molecule has 26 heavy (non-hydrogen) atoms. The Morgan fingerprint density at radius 2 is 1.92 bits per heavy atom. The molecule has 7 heteroatoms. The minimum atomic E-state index is -0.566. The van der Waals surface area contributed by atoms with Crippen molar-refractivity contribution in [2.45, 2.75) is 27.7 Å². The second kappa shape index (κ2) is 8.62. The lowest BCUT2D eigenvalue weighted by atomic mass is 10.1. The van der Waals surface area contributed by atoms with Crippen LogP contribution in [-0.4, -0.2) is 30.9 Å². The van der Waals surface area contributed by atoms with Crippen LogP contribution >= 0.6 is 11.3 Å². The van der Waals surface area contributed by atoms with Gasteiger partial charge in [-0.15, -0.1) is 11.3 Å². The van der Waals surface area contributed by atoms with Gasteiger partial charge < -0.3 is 14.8 Å². The summed E-state index contributed by atoms with van der Waals surface area (Å²) in [5.74, 6) is -0.579. The Kier molecular flexibility index (Phi) is 6.52. The number of benzene rings is 1. The lowest BCUT2D eigenvalue weighted by molar-refractivity contribution is -0.118. The van der Waals surface area contributed by atoms with E-state index in [1.165, 1.54) is 6.92 Å². The van der Waals surface area contributed by atoms with E-state index in [9.17, 15) is 14.4 Å². The fourth-order valence-corrected chi connectivity index (χ4v) is 3.51. The van der Waals surface area contributed by atoms with E-state index in [1.807, 2.05) is 25.1 Å². The highest BCUT2D eigenvalue weighted by Gasteiger charge is 2.25. The van der Waals surface area contributed by atoms with Crippen LogP contribution in [0.4, 0.5) is 5.00 Å². The molecule has 0 fully saturated rings. The summed E-state index contributed by atoms with van der Waals surface area (Å²) < 4.78 is 10.5. The quantitative estimate of drug-likeness (QED) is 0.589. The van der Waals surface area contributed by atoms with Crippen molar-refractivity contribution in [1.29, 1.82) is 0 Å². The van der Waals surface area contributed by atoms with E-state index in [1.54, 1.807) is 19.9 Å². The van der Waals surface area contributed by atoms with Gasteiger partial charge in [-0.1, -0.05) is 12.1 Å². The first-order chi connectivity index (χ1) is 12.3. The SMILES string of the molecule is CCOC(=O)c1c(NC(=O)COc2cccc(C)c2)sc(C(C)=O)c1C. The highest BCUT2D eigenvalue weighted by Crippen LogP contribution is 2.34. The maximum atomic E-state index is 12.2. The monoisotopic (exact) mass is 375 g/mol. The van der Waals surface area contributed by atoms with E-state index in [-0.39, 0.29) is 24.6 Å². The smallest absolute Gasteiger partial charge is 0.341 e. The van der Waals surface area contributed by atoms with Crippen LogP contribution in [0.15, 0.2) is 24.3 Å². The number of esters is 1. The number of hydrogen-bond donors (Lipinski definition) is 1. The standard InChI is InChI=1S/C19H21NO5S/c1-5-24-19(23)16-12(3)17(13(4)21)26-18(16)20-15(22)10-25-14-8-6-7-11(2)9-14/h6-9H,5,10H2,1-4H3,(H,20,22). The third-order valence-electron chi connectivity index (χ3n) is 3.56. The van der Waals surface area contributed by atoms with E-state index < -0.39 is 11.9 Å². The van der Waals surface area contributed by atoms with Crippen molar-refractivity contribution in [3.05, 3.63) is 45.8 Å². The van der Waals surface area contributed by atoms with Crippen molar-refractivity contribution in [1.82, 2.24) is 0 Å². The Labute approximate surface area is 156 Å². The van der Waals surface area contributed by atoms with E-state index in [2.05, 4.69) is 5.32 Å². The molecule has 2 aromatic rings. The van der Waals surface area contributed by atoms with E-state index in [0.717, 1.165) is 16.9 Å². The van der Waals surface area contributed by atoms with Crippen LogP contribution < -0.4 is 10.1 Å². The van der Waals surface area contributed by atoms with Gasteiger partial charge in [-0.2, -0.15) is 0 Å². The molecular weight excluding hydrogens is 354 g/mol. The van der Waals surface area contributed by atoms with Gasteiger partial charge in [0.1, 0.15) is 10.8 Å². The van der Waals surface area contributed by atoms with Crippen LogP contribution in [-0.2, 0) is 9.53 Å². The Hall–Kier alpha value is -2.67. The zero-order valence-electron chi connectivity index (χ0n) is 15.2. The van der Waals surface area contributed by atoms with Gasteiger partial charge in [0.25, 0.3) is 5.91 Å². The second-order valence-electron chi connectivity index (χ2n) is 5.69. The largest absolute Gasteiger partial charge is 0.484 e. The zero-order valence-corrected chi connectivity index (χ0v) is 16.0. The number of carbonyl (C=O) groups excluding carboxylic acids is 3. The molecule has 0 saturated carbocycles. The normalized spacial score (nSPS) is 10.3. The molecule has 0 unspecified atom stereocenters. The first-order valence-electron chi connectivity index (χ1n) is 8.14. The predicted molar refractivity (Wildman–Crippen MR) is 100 cm³/mol. The molecule has 0 aliphatic carbocycles. The molecule has 1 aromatic carbocycles. The molecule has 6 nitrogen and oxygen atoms in total. The Morgan fingerprint density at radius 1 is 1.19 bits per heavy atom. The first-order valence-corrected chi connectivity index (χ1v) is 8.95. The number of amides is 1. The number of rotatable bonds is 7. The van der Waals surface area contributed by atoms with Crippen LogP contribution in [0.2, 0.25) is 0 Å². The summed E-state index contributed by atoms with van der Waals surface area (Å²) in [7, 11) is 0. The van der Waals surface area contributed by atoms with Gasteiger partial charge in [0.15, 0.2) is 12.4 Å². The molecule has 0 atom stereocenters. The summed E-state index contributed by atoms with van der Waals surface area (Å²) in [6.45, 7) is 6.69. The van der Waals surface area contributed by atoms with Crippen molar-refractivity contribution in [2.24, 2.45) is 0 Å². The number of Topliss-reactive ketones (excluding diaryl/α,β-unsaturated/α-hetero) is 1. The van der Waals surface area contributed by atoms with Crippen molar-refractivity contribution in [3.8, 4) is 5.75 Å². The van der Waals surface area contributed by atoms with Gasteiger partial charge in [0, 0.05) is 0 Å². The van der Waals surface area contributed by atoms with Gasteiger partial charge in [-0.25, -0.2) is 4.79 Å². The summed E-state index contributed by atoms with van der Waals surface area (Å²) in [6.07, 6.45) is 0. The van der Waals surface area contributed by atoms with Crippen molar-refractivity contribution in [2.75, 3.05) is 18.5 Å². The fourth-order valence-electron chi connectivity index (χ4n) is 2.40. The number of ketones is 1. The Morgan fingerprint density at radius 3 is 2.54 bits per heavy atom. The number of carbonyl (C=O) groups is 3. The highest BCUT2D eigenvalue weighted by atomic mass is 32.1. The lowest BCUT2D eigenvalue weighted by Crippen LogP contribution is -2.21. The average molecular weight is 375 g/mol. The van der Waals surface area contributed by atoms with Crippen molar-refractivity contribution >= 4 is 34.0 Å². The maximum Gasteiger partial charge on any atom is 0.341 e. The molecule has 0 spiro atoms. The number of ether oxygens (including phenoxy) is 2. The Bertz CT molecular complexity index is 840. The van der Waals surface area contributed by atoms with Gasteiger partial charge in [-0.3, -0.25) is 9.59 Å². The molecular formula is C19H21NO5S. The third kappa shape index (κ3) is 4.70. The van der Waals surface area contributed by atoms with Crippen LogP contribution in [0.25, 0.3) is 0 Å². The molecule has 1 heterocycles. The van der Waals surface area contributed by atoms with Gasteiger partial charge in [0.2, 0.25) is 0 Å². The number of nitrogens with one attached hydrogen (secondary N) is 1. The average Bonchev–Trinajstić information content (AvgIpc) is 2.89. The van der Waals surface area contributed by atoms with Crippen molar-refractivity contribution in [3.63, 3.8) is 0 Å². The first kappa shape index (κ1) is 19.7. The summed E-state index contributed by atoms with van der Waals surface area (Å²) >= 11 is 1.06. The molecule has 1 amide bonds. The summed E-state index contributed by atoms with van der Waals surface area (Å²) in [5, 5.41) is 2.95. The Balaban J connectivity index is 2.16. The fraction of sp³-hybridized carbons (Fsp3) is 0.316. The molecule has 2 rings (SSSR count). The molecule has 1 aromatic heterocycles. The minimum absolute atomic E-state index is 0.172. The molecule has 138 valence electrons. The highest BCUT2D eigenvalue weighted by molar-refractivity contribution is 7.18. The van der Waals surface area contributed by atoms with E-state index in [4.69, 9.17) is 9.47 Å². The lowest BCUT2D eigenvalue weighted by Gasteiger charge is -2.09. The van der Waals surface area contributed by atoms with Crippen LogP contribution in [0.1, 0.15) is 45.0 Å². The second-order valence-corrected chi connectivity index (χ2v) is 6.71. The topological polar surface area (TPSA) is 81.7 Å². The minimum Gasteiger partial charge on any atom is -0.484 e. The molecule has 0 aliphatic heterocycles. The van der Waals surface area contributed by atoms with Gasteiger partial charge >= 0.3 is 5.97 Å². The zero-order chi connectivity index (χ0) is 19.3. The summed E-state index contributed by atoms with van der Waals surface area (Å²) in [4.78, 5) is 36.6. The number of hydrogen-bond acceptors (Lipinski definition) is 6. The molecule has 0 saturated heterocycles. The maximum absolute atomic E-state index is 12.2. The van der Waals surface area contributed by atoms with Gasteiger partial charge in [0.05, 0.1) is 17.0 Å². The number of thiophene rings is 1. The predicted octanol–water partition coefficient (Wildman–Crippen LogP) is 3.76. The number of anilines is 1. The van der Waals surface area contributed by atoms with E-state index >= 15 is 0 Å². The van der Waals surface area contributed by atoms with Gasteiger partial charge in [-0.05, 0) is 51.0 Å². The molecule has 0 radical (unpaired) electrons. The third-order valence-corrected chi connectivity index (χ3v) is 4.87. The van der Waals surface area contributed by atoms with Crippen LogP contribution in [0.3, 0.4) is 0 Å². The van der Waals surface area contributed by atoms with Crippen LogP contribution in [0.5, 0.6) is 5.75 Å². The van der Waals surface area contributed by atoms with Crippen LogP contribution in [0, 0.1) is 13.8 Å². The number of aryl methyl sites for hydroxylation is 1. The summed E-state index contributed by atoms with van der Waals surface area (Å²) in [5.41, 5.74) is 1.74. The van der Waals surface area contributed by atoms with E-state index in [0.29, 0.717) is 21.2 Å².